The van der Waals surface area contributed by atoms with Crippen LogP contribution in [0.3, 0.4) is 0 Å². The van der Waals surface area contributed by atoms with Crippen molar-refractivity contribution in [3.8, 4) is 22.6 Å². The smallest absolute Gasteiger partial charge is 0.272 e. The van der Waals surface area contributed by atoms with E-state index < -0.39 is 11.5 Å². The molecule has 2 aliphatic heterocycles. The van der Waals surface area contributed by atoms with Crippen LogP contribution in [0.1, 0.15) is 48.2 Å². The van der Waals surface area contributed by atoms with Crippen molar-refractivity contribution in [1.29, 1.82) is 0 Å². The van der Waals surface area contributed by atoms with Crippen LogP contribution in [0.4, 0.5) is 0 Å². The SMILES string of the molecule is CC(C)(C)C(NC(=O)c1cc2ccccc2[nH]1)C(=O)N1CC2CC1CN2C(=O)c1ccc(-c2ccc(-c3nn[nH]n3)cn2)cn1. The van der Waals surface area contributed by atoms with Gasteiger partial charge in [-0.1, -0.05) is 39.0 Å². The second-order valence-electron chi connectivity index (χ2n) is 12.6. The van der Waals surface area contributed by atoms with E-state index in [0.717, 1.165) is 22.0 Å². The Morgan fingerprint density at radius 1 is 0.933 bits per heavy atom. The van der Waals surface area contributed by atoms with Gasteiger partial charge in [0.2, 0.25) is 11.7 Å². The number of para-hydroxylation sites is 1. The highest BCUT2D eigenvalue weighted by Gasteiger charge is 2.50. The van der Waals surface area contributed by atoms with Crippen molar-refractivity contribution in [3.05, 3.63) is 78.4 Å². The van der Waals surface area contributed by atoms with Gasteiger partial charge in [-0.2, -0.15) is 5.21 Å². The van der Waals surface area contributed by atoms with E-state index in [9.17, 15) is 14.4 Å². The predicted molar refractivity (Wildman–Crippen MR) is 165 cm³/mol. The highest BCUT2D eigenvalue weighted by molar-refractivity contribution is 6.00. The van der Waals surface area contributed by atoms with Crippen molar-refractivity contribution >= 4 is 28.6 Å². The van der Waals surface area contributed by atoms with Crippen molar-refractivity contribution in [2.24, 2.45) is 5.41 Å². The molecule has 3 amide bonds. The van der Waals surface area contributed by atoms with Gasteiger partial charge in [0.15, 0.2) is 0 Å². The largest absolute Gasteiger partial charge is 0.351 e. The van der Waals surface area contributed by atoms with Crippen molar-refractivity contribution in [1.82, 2.24) is 50.7 Å². The molecule has 45 heavy (non-hydrogen) atoms. The second-order valence-corrected chi connectivity index (χ2v) is 12.6. The van der Waals surface area contributed by atoms with Gasteiger partial charge in [-0.15, -0.1) is 10.2 Å². The first kappa shape index (κ1) is 28.3. The van der Waals surface area contributed by atoms with Crippen molar-refractivity contribution in [2.45, 2.75) is 45.3 Å². The van der Waals surface area contributed by atoms with Gasteiger partial charge in [-0.05, 0) is 53.4 Å². The molecule has 3 N–H and O–H groups in total. The third-order valence-corrected chi connectivity index (χ3v) is 8.59. The molecule has 1 aromatic carbocycles. The number of nitrogens with zero attached hydrogens (tertiary/aromatic N) is 7. The molecule has 7 rings (SSSR count). The van der Waals surface area contributed by atoms with Crippen LogP contribution in [0.15, 0.2) is 67.0 Å². The molecule has 2 saturated heterocycles. The summed E-state index contributed by atoms with van der Waals surface area (Å²) in [5, 5.41) is 17.8. The summed E-state index contributed by atoms with van der Waals surface area (Å²) in [7, 11) is 0. The number of piperazine rings is 1. The summed E-state index contributed by atoms with van der Waals surface area (Å²) in [6.45, 7) is 6.67. The molecule has 13 heteroatoms. The minimum Gasteiger partial charge on any atom is -0.351 e. The van der Waals surface area contributed by atoms with E-state index in [1.54, 1.807) is 24.5 Å². The van der Waals surface area contributed by atoms with Gasteiger partial charge in [-0.25, -0.2) is 0 Å². The number of nitrogens with one attached hydrogen (secondary N) is 3. The average molecular weight is 605 g/mol. The number of aromatic nitrogens is 7. The lowest BCUT2D eigenvalue weighted by atomic mass is 9.85. The van der Waals surface area contributed by atoms with E-state index >= 15 is 0 Å². The number of hydrogen-bond acceptors (Lipinski definition) is 8. The molecule has 0 spiro atoms. The molecule has 5 aromatic rings. The quantitative estimate of drug-likeness (QED) is 0.266. The number of amides is 3. The highest BCUT2D eigenvalue weighted by Crippen LogP contribution is 2.34. The molecular weight excluding hydrogens is 572 g/mol. The lowest BCUT2D eigenvalue weighted by Gasteiger charge is -2.39. The standard InChI is InChI=1S/C32H32N10O3/c1-32(2,3)27(36-29(43)26-12-18-6-4-5-7-24(18)35-26)31(45)42-17-21-13-22(42)16-41(21)30(44)25-11-8-19(14-34-25)23-10-9-20(15-33-23)28-37-39-40-38-28/h4-12,14-15,21-22,27,35H,13,16-17H2,1-3H3,(H,36,43)(H,37,38,39,40). The monoisotopic (exact) mass is 604 g/mol. The zero-order valence-electron chi connectivity index (χ0n) is 25.1. The van der Waals surface area contributed by atoms with Gasteiger partial charge in [0, 0.05) is 47.5 Å². The van der Waals surface area contributed by atoms with Crippen LogP contribution < -0.4 is 5.32 Å². The Morgan fingerprint density at radius 3 is 2.33 bits per heavy atom. The summed E-state index contributed by atoms with van der Waals surface area (Å²) in [6.07, 6.45) is 3.99. The average Bonchev–Trinajstić information content (AvgIpc) is 3.86. The van der Waals surface area contributed by atoms with Crippen LogP contribution in [0.25, 0.3) is 33.5 Å². The van der Waals surface area contributed by atoms with Crippen LogP contribution >= 0.6 is 0 Å². The van der Waals surface area contributed by atoms with Crippen LogP contribution in [0, 0.1) is 5.41 Å². The number of carbonyl (C=O) groups is 3. The number of fused-ring (bicyclic) bond motifs is 3. The van der Waals surface area contributed by atoms with Gasteiger partial charge in [0.25, 0.3) is 11.8 Å². The van der Waals surface area contributed by atoms with Crippen LogP contribution in [0.5, 0.6) is 0 Å². The summed E-state index contributed by atoms with van der Waals surface area (Å²) in [4.78, 5) is 56.3. The number of tetrazole rings is 1. The number of carbonyl (C=O) groups excluding carboxylic acids is 3. The molecule has 6 heterocycles. The number of benzene rings is 1. The fourth-order valence-electron chi connectivity index (χ4n) is 6.20. The van der Waals surface area contributed by atoms with Gasteiger partial charge >= 0.3 is 0 Å². The molecule has 2 aliphatic rings. The Kier molecular flexibility index (Phi) is 6.87. The first-order chi connectivity index (χ1) is 21.7. The van der Waals surface area contributed by atoms with Crippen molar-refractivity contribution < 1.29 is 14.4 Å². The Morgan fingerprint density at radius 2 is 1.69 bits per heavy atom. The summed E-state index contributed by atoms with van der Waals surface area (Å²) < 4.78 is 0. The molecule has 3 unspecified atom stereocenters. The van der Waals surface area contributed by atoms with Crippen LogP contribution in [-0.2, 0) is 4.79 Å². The van der Waals surface area contributed by atoms with Crippen molar-refractivity contribution in [3.63, 3.8) is 0 Å². The van der Waals surface area contributed by atoms with Crippen LogP contribution in [0.2, 0.25) is 0 Å². The topological polar surface area (TPSA) is 166 Å². The molecule has 2 bridgehead atoms. The normalized spacial score (nSPS) is 18.4. The van der Waals surface area contributed by atoms with E-state index in [1.165, 1.54) is 0 Å². The fraction of sp³-hybridized carbons (Fsp3) is 0.312. The van der Waals surface area contributed by atoms with E-state index in [-0.39, 0.29) is 29.8 Å². The van der Waals surface area contributed by atoms with Gasteiger partial charge in [0.1, 0.15) is 17.4 Å². The van der Waals surface area contributed by atoms with E-state index in [2.05, 4.69) is 40.9 Å². The zero-order valence-corrected chi connectivity index (χ0v) is 25.1. The molecular formula is C32H32N10O3. The predicted octanol–water partition coefficient (Wildman–Crippen LogP) is 3.08. The maximum Gasteiger partial charge on any atom is 0.272 e. The zero-order chi connectivity index (χ0) is 31.3. The Bertz CT molecular complexity index is 1840. The first-order valence-electron chi connectivity index (χ1n) is 14.8. The molecule has 2 fully saturated rings. The van der Waals surface area contributed by atoms with E-state index in [1.807, 2.05) is 73.0 Å². The highest BCUT2D eigenvalue weighted by atomic mass is 16.2. The molecule has 0 radical (unpaired) electrons. The number of pyridine rings is 2. The van der Waals surface area contributed by atoms with Crippen LogP contribution in [-0.4, -0.2) is 94.3 Å². The van der Waals surface area contributed by atoms with Crippen molar-refractivity contribution in [2.75, 3.05) is 13.1 Å². The Hall–Kier alpha value is -5.46. The maximum atomic E-state index is 13.9. The molecule has 3 atom stereocenters. The summed E-state index contributed by atoms with van der Waals surface area (Å²) >= 11 is 0. The second kappa shape index (κ2) is 10.9. The van der Waals surface area contributed by atoms with E-state index in [4.69, 9.17) is 0 Å². The van der Waals surface area contributed by atoms with E-state index in [0.29, 0.717) is 42.4 Å². The Labute approximate surface area is 258 Å². The third kappa shape index (κ3) is 5.30. The molecule has 13 nitrogen and oxygen atoms in total. The summed E-state index contributed by atoms with van der Waals surface area (Å²) in [6, 6.07) is 15.7. The Balaban J connectivity index is 1.00. The molecule has 228 valence electrons. The minimum absolute atomic E-state index is 0.114. The van der Waals surface area contributed by atoms with Gasteiger partial charge in [-0.3, -0.25) is 24.4 Å². The fourth-order valence-corrected chi connectivity index (χ4v) is 6.20. The van der Waals surface area contributed by atoms with Gasteiger partial charge < -0.3 is 20.1 Å². The summed E-state index contributed by atoms with van der Waals surface area (Å²) in [5.41, 5.74) is 3.29. The number of H-pyrrole nitrogens is 2. The minimum atomic E-state index is -0.732. The summed E-state index contributed by atoms with van der Waals surface area (Å²) in [5.74, 6) is -0.168. The van der Waals surface area contributed by atoms with Gasteiger partial charge in [0.05, 0.1) is 17.8 Å². The lowest BCUT2D eigenvalue weighted by molar-refractivity contribution is -0.138. The number of rotatable bonds is 6. The molecule has 0 aliphatic carbocycles. The maximum absolute atomic E-state index is 13.9. The number of likely N-dealkylation sites (tertiary alicyclic amines) is 2. The number of hydrogen-bond donors (Lipinski definition) is 3. The molecule has 0 saturated carbocycles. The first-order valence-corrected chi connectivity index (χ1v) is 14.8. The third-order valence-electron chi connectivity index (χ3n) is 8.59. The molecule has 4 aromatic heterocycles. The number of aromatic amines is 2. The lowest BCUT2D eigenvalue weighted by Crippen LogP contribution is -2.59.